The topological polar surface area (TPSA) is 35.1 Å². The van der Waals surface area contributed by atoms with Crippen LogP contribution in [0.2, 0.25) is 0 Å². The molecular formula is C52H30N4. The normalized spacial score (nSPS) is 12.3. The third-order valence-corrected chi connectivity index (χ3v) is 12.0. The summed E-state index contributed by atoms with van der Waals surface area (Å²) < 4.78 is 4.88. The van der Waals surface area contributed by atoms with Gasteiger partial charge in [0, 0.05) is 38.0 Å². The van der Waals surface area contributed by atoms with Crippen LogP contribution in [0.15, 0.2) is 182 Å². The molecule has 0 saturated heterocycles. The van der Waals surface area contributed by atoms with Gasteiger partial charge in [-0.15, -0.1) is 0 Å². The summed E-state index contributed by atoms with van der Waals surface area (Å²) >= 11 is 0. The van der Waals surface area contributed by atoms with Crippen molar-refractivity contribution < 1.29 is 0 Å². The Labute approximate surface area is 320 Å². The molecule has 258 valence electrons. The lowest BCUT2D eigenvalue weighted by atomic mass is 9.94. The van der Waals surface area contributed by atoms with E-state index in [1.54, 1.807) is 0 Å². The van der Waals surface area contributed by atoms with Crippen LogP contribution in [-0.4, -0.2) is 18.9 Å². The molecule has 9 aromatic carbocycles. The van der Waals surface area contributed by atoms with Gasteiger partial charge in [0.15, 0.2) is 5.65 Å². The molecule has 0 aliphatic rings. The van der Waals surface area contributed by atoms with Crippen LogP contribution in [0.5, 0.6) is 0 Å². The van der Waals surface area contributed by atoms with Crippen LogP contribution in [0.25, 0.3) is 121 Å². The van der Waals surface area contributed by atoms with Crippen molar-refractivity contribution in [3.05, 3.63) is 182 Å². The molecule has 4 heteroatoms. The molecule has 4 heterocycles. The maximum Gasteiger partial charge on any atom is 0.165 e. The third-order valence-electron chi connectivity index (χ3n) is 12.0. The Morgan fingerprint density at radius 3 is 1.84 bits per heavy atom. The molecule has 0 unspecified atom stereocenters. The van der Waals surface area contributed by atoms with Crippen molar-refractivity contribution >= 4 is 92.7 Å². The van der Waals surface area contributed by atoms with E-state index in [2.05, 4.69) is 179 Å². The number of para-hydroxylation sites is 2. The van der Waals surface area contributed by atoms with Gasteiger partial charge in [-0.05, 0) is 74.8 Å². The third kappa shape index (κ3) is 3.97. The molecule has 0 aliphatic heterocycles. The summed E-state index contributed by atoms with van der Waals surface area (Å²) in [6.45, 7) is 0. The lowest BCUT2D eigenvalue weighted by Gasteiger charge is -2.13. The van der Waals surface area contributed by atoms with Crippen molar-refractivity contribution in [1.82, 2.24) is 18.9 Å². The quantitative estimate of drug-likeness (QED) is 0.183. The highest BCUT2D eigenvalue weighted by atomic mass is 15.0. The smallest absolute Gasteiger partial charge is 0.165 e. The molecule has 56 heavy (non-hydrogen) atoms. The summed E-state index contributed by atoms with van der Waals surface area (Å²) in [6.07, 6.45) is 0. The zero-order chi connectivity index (χ0) is 36.5. The zero-order valence-corrected chi connectivity index (χ0v) is 30.1. The first-order chi connectivity index (χ1) is 27.8. The first-order valence-electron chi connectivity index (χ1n) is 19.2. The van der Waals surface area contributed by atoms with E-state index in [1.165, 1.54) is 81.9 Å². The fraction of sp³-hybridized carbons (Fsp3) is 0. The van der Waals surface area contributed by atoms with Crippen molar-refractivity contribution in [2.24, 2.45) is 0 Å². The molecule has 13 rings (SSSR count). The summed E-state index contributed by atoms with van der Waals surface area (Å²) in [7, 11) is 0. The molecule has 0 fully saturated rings. The van der Waals surface area contributed by atoms with Gasteiger partial charge in [-0.3, -0.25) is 4.40 Å². The van der Waals surface area contributed by atoms with Gasteiger partial charge in [0.1, 0.15) is 5.52 Å². The van der Waals surface area contributed by atoms with E-state index < -0.39 is 0 Å². The number of hydrogen-bond acceptors (Lipinski definition) is 2. The second-order valence-electron chi connectivity index (χ2n) is 15.0. The van der Waals surface area contributed by atoms with Crippen LogP contribution in [0.1, 0.15) is 0 Å². The summed E-state index contributed by atoms with van der Waals surface area (Å²) in [6, 6.07) is 66.0. The monoisotopic (exact) mass is 710 g/mol. The number of aromatic nitrogens is 4. The number of hydrogen-bond donors (Lipinski definition) is 0. The highest BCUT2D eigenvalue weighted by Crippen LogP contribution is 2.46. The van der Waals surface area contributed by atoms with Crippen molar-refractivity contribution in [2.45, 2.75) is 0 Å². The minimum Gasteiger partial charge on any atom is -0.309 e. The standard InChI is InChI=1S/C52H30N4/c1-3-13-31(14-4-1)34-24-26-40-46(27-34)55(47-30-41(32-15-5-2-6-16-32)37-19-9-10-20-38(37)48(40)47)35-28-42-39-25-23-33-17-7-8-18-36(33)50(39)56-51(42)43(29-35)49-52(56)54-45-22-12-11-21-44(45)53-49/h1-30H. The average molecular weight is 711 g/mol. The summed E-state index contributed by atoms with van der Waals surface area (Å²) in [5.74, 6) is 0. The van der Waals surface area contributed by atoms with Gasteiger partial charge < -0.3 is 4.57 Å². The minimum atomic E-state index is 0.887. The fourth-order valence-electron chi connectivity index (χ4n) is 9.56. The molecule has 0 saturated carbocycles. The Morgan fingerprint density at radius 1 is 0.375 bits per heavy atom. The molecule has 4 nitrogen and oxygen atoms in total. The molecule has 4 aromatic heterocycles. The predicted molar refractivity (Wildman–Crippen MR) is 234 cm³/mol. The van der Waals surface area contributed by atoms with Gasteiger partial charge in [-0.25, -0.2) is 9.97 Å². The second-order valence-corrected chi connectivity index (χ2v) is 15.0. The Hall–Kier alpha value is -7.56. The van der Waals surface area contributed by atoms with Gasteiger partial charge in [0.25, 0.3) is 0 Å². The molecule has 0 radical (unpaired) electrons. The van der Waals surface area contributed by atoms with Gasteiger partial charge >= 0.3 is 0 Å². The van der Waals surface area contributed by atoms with Crippen molar-refractivity contribution in [3.63, 3.8) is 0 Å². The second kappa shape index (κ2) is 11.0. The van der Waals surface area contributed by atoms with Crippen molar-refractivity contribution in [1.29, 1.82) is 0 Å². The average Bonchev–Trinajstić information content (AvgIpc) is 3.90. The Bertz CT molecular complexity index is 3750. The van der Waals surface area contributed by atoms with E-state index in [4.69, 9.17) is 9.97 Å². The summed E-state index contributed by atoms with van der Waals surface area (Å²) in [5, 5.41) is 10.9. The van der Waals surface area contributed by atoms with Crippen molar-refractivity contribution in [3.8, 4) is 27.9 Å². The summed E-state index contributed by atoms with van der Waals surface area (Å²) in [5.41, 5.74) is 14.2. The van der Waals surface area contributed by atoms with Gasteiger partial charge in [0.2, 0.25) is 0 Å². The van der Waals surface area contributed by atoms with Gasteiger partial charge in [-0.1, -0.05) is 146 Å². The van der Waals surface area contributed by atoms with Crippen LogP contribution < -0.4 is 0 Å². The molecule has 0 bridgehead atoms. The fourth-order valence-corrected chi connectivity index (χ4v) is 9.56. The number of benzene rings is 9. The highest BCUT2D eigenvalue weighted by molar-refractivity contribution is 6.28. The molecule has 0 atom stereocenters. The van der Waals surface area contributed by atoms with E-state index in [0.29, 0.717) is 0 Å². The number of nitrogens with zero attached hydrogens (tertiary/aromatic N) is 4. The first kappa shape index (κ1) is 29.8. The van der Waals surface area contributed by atoms with Gasteiger partial charge in [-0.2, -0.15) is 0 Å². The Morgan fingerprint density at radius 2 is 1.02 bits per heavy atom. The highest BCUT2D eigenvalue weighted by Gasteiger charge is 2.25. The van der Waals surface area contributed by atoms with Crippen molar-refractivity contribution in [2.75, 3.05) is 0 Å². The largest absolute Gasteiger partial charge is 0.309 e. The van der Waals surface area contributed by atoms with Crippen LogP contribution in [0, 0.1) is 0 Å². The van der Waals surface area contributed by atoms with Crippen LogP contribution in [0.3, 0.4) is 0 Å². The SMILES string of the molecule is c1ccc(-c2ccc3c4c5ccccc5c(-c5ccccc5)cc4n(-c4cc5c6ccc7ccccc7c6n6c7nc8ccccc8nc7c(c4)c56)c3c2)cc1. The first-order valence-corrected chi connectivity index (χ1v) is 19.2. The lowest BCUT2D eigenvalue weighted by Crippen LogP contribution is -1.95. The maximum absolute atomic E-state index is 5.36. The molecule has 13 aromatic rings. The molecule has 0 aliphatic carbocycles. The zero-order valence-electron chi connectivity index (χ0n) is 30.1. The lowest BCUT2D eigenvalue weighted by molar-refractivity contribution is 1.19. The molecule has 0 spiro atoms. The molecule has 0 N–H and O–H groups in total. The van der Waals surface area contributed by atoms with E-state index in [1.807, 2.05) is 12.1 Å². The maximum atomic E-state index is 5.36. The van der Waals surface area contributed by atoms with E-state index >= 15 is 0 Å². The van der Waals surface area contributed by atoms with Crippen LogP contribution >= 0.6 is 0 Å². The van der Waals surface area contributed by atoms with E-state index in [9.17, 15) is 0 Å². The van der Waals surface area contributed by atoms with E-state index in [-0.39, 0.29) is 0 Å². The van der Waals surface area contributed by atoms with Gasteiger partial charge in [0.05, 0.1) is 33.1 Å². The number of fused-ring (bicyclic) bond motifs is 14. The summed E-state index contributed by atoms with van der Waals surface area (Å²) in [4.78, 5) is 10.7. The molecule has 0 amide bonds. The van der Waals surface area contributed by atoms with Crippen LogP contribution in [0.4, 0.5) is 0 Å². The van der Waals surface area contributed by atoms with Crippen LogP contribution in [-0.2, 0) is 0 Å². The predicted octanol–water partition coefficient (Wildman–Crippen LogP) is 13.5. The Balaban J connectivity index is 1.24. The Kier molecular flexibility index (Phi) is 5.86. The molecular weight excluding hydrogens is 681 g/mol. The minimum absolute atomic E-state index is 0.887. The van der Waals surface area contributed by atoms with E-state index in [0.717, 1.165) is 38.8 Å². The number of rotatable bonds is 3.